The van der Waals surface area contributed by atoms with Crippen LogP contribution in [0.4, 0.5) is 11.4 Å². The molecule has 0 amide bonds. The SMILES string of the molecule is Cn1ccc(CCNc2ccc(C(=O)O)cc2N)n1. The first-order valence-electron chi connectivity index (χ1n) is 5.91. The van der Waals surface area contributed by atoms with Crippen molar-refractivity contribution in [2.45, 2.75) is 6.42 Å². The van der Waals surface area contributed by atoms with E-state index in [2.05, 4.69) is 10.4 Å². The Labute approximate surface area is 110 Å². The summed E-state index contributed by atoms with van der Waals surface area (Å²) >= 11 is 0. The number of nitrogen functional groups attached to an aromatic ring is 1. The molecule has 0 radical (unpaired) electrons. The molecule has 6 nitrogen and oxygen atoms in total. The second kappa shape index (κ2) is 5.43. The van der Waals surface area contributed by atoms with Crippen LogP contribution in [0, 0.1) is 0 Å². The molecule has 4 N–H and O–H groups in total. The zero-order valence-electron chi connectivity index (χ0n) is 10.6. The van der Waals surface area contributed by atoms with E-state index >= 15 is 0 Å². The highest BCUT2D eigenvalue weighted by atomic mass is 16.4. The number of rotatable bonds is 5. The number of anilines is 2. The molecule has 0 unspecified atom stereocenters. The number of benzene rings is 1. The monoisotopic (exact) mass is 260 g/mol. The van der Waals surface area contributed by atoms with Gasteiger partial charge in [-0.25, -0.2) is 4.79 Å². The number of nitrogens with zero attached hydrogens (tertiary/aromatic N) is 2. The summed E-state index contributed by atoms with van der Waals surface area (Å²) < 4.78 is 1.76. The maximum Gasteiger partial charge on any atom is 0.335 e. The number of hydrogen-bond donors (Lipinski definition) is 3. The van der Waals surface area contributed by atoms with Gasteiger partial charge in [-0.1, -0.05) is 0 Å². The van der Waals surface area contributed by atoms with Crippen LogP contribution in [0.1, 0.15) is 16.1 Å². The summed E-state index contributed by atoms with van der Waals surface area (Å²) in [7, 11) is 1.87. The molecule has 2 rings (SSSR count). The van der Waals surface area contributed by atoms with E-state index in [4.69, 9.17) is 10.8 Å². The summed E-state index contributed by atoms with van der Waals surface area (Å²) in [5.41, 5.74) is 8.15. The number of nitrogens with two attached hydrogens (primary N) is 1. The third-order valence-corrected chi connectivity index (χ3v) is 2.76. The molecule has 0 spiro atoms. The smallest absolute Gasteiger partial charge is 0.335 e. The van der Waals surface area contributed by atoms with Gasteiger partial charge in [-0.15, -0.1) is 0 Å². The predicted molar refractivity (Wildman–Crippen MR) is 73.2 cm³/mol. The van der Waals surface area contributed by atoms with Crippen molar-refractivity contribution in [2.24, 2.45) is 7.05 Å². The largest absolute Gasteiger partial charge is 0.478 e. The number of aromatic carboxylic acids is 1. The zero-order valence-corrected chi connectivity index (χ0v) is 10.6. The van der Waals surface area contributed by atoms with Crippen molar-refractivity contribution >= 4 is 17.3 Å². The van der Waals surface area contributed by atoms with Crippen LogP contribution in [-0.2, 0) is 13.5 Å². The molecule has 19 heavy (non-hydrogen) atoms. The molecule has 0 saturated heterocycles. The number of hydrogen-bond acceptors (Lipinski definition) is 4. The molecule has 0 aliphatic heterocycles. The van der Waals surface area contributed by atoms with Gasteiger partial charge in [0.25, 0.3) is 0 Å². The Kier molecular flexibility index (Phi) is 3.70. The molecule has 0 aliphatic rings. The number of carbonyl (C=O) groups is 1. The minimum atomic E-state index is -0.980. The Morgan fingerprint density at radius 2 is 2.26 bits per heavy atom. The number of nitrogens with one attached hydrogen (secondary N) is 1. The van der Waals surface area contributed by atoms with Crippen LogP contribution >= 0.6 is 0 Å². The number of carboxylic acid groups (broad SMARTS) is 1. The van der Waals surface area contributed by atoms with Gasteiger partial charge in [0.2, 0.25) is 0 Å². The van der Waals surface area contributed by atoms with Crippen molar-refractivity contribution in [3.63, 3.8) is 0 Å². The lowest BCUT2D eigenvalue weighted by molar-refractivity contribution is 0.0697. The molecule has 0 saturated carbocycles. The number of carboxylic acids is 1. The predicted octanol–water partition coefficient (Wildman–Crippen LogP) is 1.36. The quantitative estimate of drug-likeness (QED) is 0.706. The third-order valence-electron chi connectivity index (χ3n) is 2.76. The van der Waals surface area contributed by atoms with Gasteiger partial charge in [-0.05, 0) is 24.3 Å². The molecule has 1 aromatic heterocycles. The van der Waals surface area contributed by atoms with Gasteiger partial charge in [-0.2, -0.15) is 5.10 Å². The van der Waals surface area contributed by atoms with Crippen LogP contribution in [-0.4, -0.2) is 27.4 Å². The van der Waals surface area contributed by atoms with Crippen molar-refractivity contribution in [2.75, 3.05) is 17.6 Å². The van der Waals surface area contributed by atoms with E-state index in [-0.39, 0.29) is 5.56 Å². The van der Waals surface area contributed by atoms with Crippen LogP contribution in [0.25, 0.3) is 0 Å². The summed E-state index contributed by atoms with van der Waals surface area (Å²) in [5.74, 6) is -0.980. The zero-order chi connectivity index (χ0) is 13.8. The Balaban J connectivity index is 1.94. The first-order chi connectivity index (χ1) is 9.06. The summed E-state index contributed by atoms with van der Waals surface area (Å²) in [4.78, 5) is 10.8. The maximum absolute atomic E-state index is 10.8. The van der Waals surface area contributed by atoms with Gasteiger partial charge < -0.3 is 16.2 Å². The third kappa shape index (κ3) is 3.25. The van der Waals surface area contributed by atoms with Gasteiger partial charge in [0.05, 0.1) is 22.6 Å². The van der Waals surface area contributed by atoms with Gasteiger partial charge >= 0.3 is 5.97 Å². The first-order valence-corrected chi connectivity index (χ1v) is 5.91. The topological polar surface area (TPSA) is 93.2 Å². The molecular formula is C13H16N4O2. The van der Waals surface area contributed by atoms with Crippen LogP contribution in [0.15, 0.2) is 30.5 Å². The Bertz CT molecular complexity index is 592. The van der Waals surface area contributed by atoms with Gasteiger partial charge in [0.1, 0.15) is 0 Å². The van der Waals surface area contributed by atoms with Gasteiger partial charge in [0, 0.05) is 26.2 Å². The molecule has 0 aliphatic carbocycles. The molecular weight excluding hydrogens is 244 g/mol. The lowest BCUT2D eigenvalue weighted by Crippen LogP contribution is -2.08. The summed E-state index contributed by atoms with van der Waals surface area (Å²) in [6, 6.07) is 6.61. The van der Waals surface area contributed by atoms with Crippen LogP contribution in [0.5, 0.6) is 0 Å². The Morgan fingerprint density at radius 1 is 1.47 bits per heavy atom. The van der Waals surface area contributed by atoms with E-state index < -0.39 is 5.97 Å². The minimum absolute atomic E-state index is 0.188. The van der Waals surface area contributed by atoms with Crippen molar-refractivity contribution in [1.82, 2.24) is 9.78 Å². The molecule has 0 bridgehead atoms. The highest BCUT2D eigenvalue weighted by Crippen LogP contribution is 2.19. The van der Waals surface area contributed by atoms with Gasteiger partial charge in [-0.3, -0.25) is 4.68 Å². The second-order valence-electron chi connectivity index (χ2n) is 4.26. The van der Waals surface area contributed by atoms with Crippen molar-refractivity contribution < 1.29 is 9.90 Å². The summed E-state index contributed by atoms with van der Waals surface area (Å²) in [5, 5.41) is 16.3. The molecule has 1 heterocycles. The van der Waals surface area contributed by atoms with E-state index in [0.717, 1.165) is 17.8 Å². The highest BCUT2D eigenvalue weighted by Gasteiger charge is 2.06. The fraction of sp³-hybridized carbons (Fsp3) is 0.231. The second-order valence-corrected chi connectivity index (χ2v) is 4.26. The normalized spacial score (nSPS) is 10.4. The van der Waals surface area contributed by atoms with E-state index in [0.29, 0.717) is 12.2 Å². The fourth-order valence-corrected chi connectivity index (χ4v) is 1.78. The molecule has 1 aromatic carbocycles. The van der Waals surface area contributed by atoms with E-state index in [1.165, 1.54) is 12.1 Å². The standard InChI is InChI=1S/C13H16N4O2/c1-17-7-5-10(16-17)4-6-15-12-3-2-9(13(18)19)8-11(12)14/h2-3,5,7-8,15H,4,6,14H2,1H3,(H,18,19). The van der Waals surface area contributed by atoms with Crippen LogP contribution in [0.2, 0.25) is 0 Å². The molecule has 2 aromatic rings. The molecule has 0 fully saturated rings. The molecule has 6 heteroatoms. The first kappa shape index (κ1) is 12.9. The van der Waals surface area contributed by atoms with E-state index in [1.807, 2.05) is 19.3 Å². The highest BCUT2D eigenvalue weighted by molar-refractivity contribution is 5.90. The minimum Gasteiger partial charge on any atom is -0.478 e. The number of aromatic nitrogens is 2. The van der Waals surface area contributed by atoms with Gasteiger partial charge in [0.15, 0.2) is 0 Å². The van der Waals surface area contributed by atoms with E-state index in [9.17, 15) is 4.79 Å². The fourth-order valence-electron chi connectivity index (χ4n) is 1.78. The summed E-state index contributed by atoms with van der Waals surface area (Å²) in [6.07, 6.45) is 2.67. The lowest BCUT2D eigenvalue weighted by Gasteiger charge is -2.09. The van der Waals surface area contributed by atoms with E-state index in [1.54, 1.807) is 10.7 Å². The number of aryl methyl sites for hydroxylation is 1. The molecule has 100 valence electrons. The van der Waals surface area contributed by atoms with Crippen molar-refractivity contribution in [1.29, 1.82) is 0 Å². The Morgan fingerprint density at radius 3 is 2.84 bits per heavy atom. The van der Waals surface area contributed by atoms with Crippen LogP contribution < -0.4 is 11.1 Å². The average Bonchev–Trinajstić information content (AvgIpc) is 2.77. The lowest BCUT2D eigenvalue weighted by atomic mass is 10.1. The van der Waals surface area contributed by atoms with Crippen molar-refractivity contribution in [3.8, 4) is 0 Å². The summed E-state index contributed by atoms with van der Waals surface area (Å²) in [6.45, 7) is 0.688. The maximum atomic E-state index is 10.8. The average molecular weight is 260 g/mol. The molecule has 0 atom stereocenters. The Hall–Kier alpha value is -2.50. The van der Waals surface area contributed by atoms with Crippen LogP contribution in [0.3, 0.4) is 0 Å². The van der Waals surface area contributed by atoms with Crippen molar-refractivity contribution in [3.05, 3.63) is 41.7 Å².